The number of carbonyl (C=O) groups is 1. The van der Waals surface area contributed by atoms with Gasteiger partial charge in [0.15, 0.2) is 11.7 Å². The van der Waals surface area contributed by atoms with Crippen LogP contribution in [0.2, 0.25) is 0 Å². The monoisotopic (exact) mass is 347 g/mol. The van der Waals surface area contributed by atoms with Crippen LogP contribution in [0.5, 0.6) is 5.75 Å². The summed E-state index contributed by atoms with van der Waals surface area (Å²) in [5, 5.41) is 2.91. The minimum atomic E-state index is -0.391. The fourth-order valence-corrected chi connectivity index (χ4v) is 2.03. The van der Waals surface area contributed by atoms with Gasteiger partial charge in [-0.15, -0.1) is 0 Å². The maximum Gasteiger partial charge on any atom is 0.276 e. The number of amides is 1. The van der Waals surface area contributed by atoms with Crippen molar-refractivity contribution < 1.29 is 13.9 Å². The van der Waals surface area contributed by atoms with E-state index in [-0.39, 0.29) is 17.5 Å². The van der Waals surface area contributed by atoms with Crippen molar-refractivity contribution in [2.75, 3.05) is 11.9 Å². The number of thiocarbonyl (C=S) groups is 1. The number of anilines is 1. The number of hydrazine groups is 1. The Kier molecular flexibility index (Phi) is 6.08. The van der Waals surface area contributed by atoms with E-state index in [2.05, 4.69) is 16.2 Å². The van der Waals surface area contributed by atoms with Crippen LogP contribution in [0.4, 0.5) is 10.1 Å². The molecule has 0 spiro atoms. The third kappa shape index (κ3) is 5.20. The second kappa shape index (κ2) is 8.26. The van der Waals surface area contributed by atoms with Gasteiger partial charge in [0, 0.05) is 5.69 Å². The summed E-state index contributed by atoms with van der Waals surface area (Å²) in [6.45, 7) is 3.41. The Balaban J connectivity index is 1.76. The molecule has 2 aromatic carbocycles. The van der Waals surface area contributed by atoms with Gasteiger partial charge in [0.05, 0.1) is 0 Å². The van der Waals surface area contributed by atoms with Crippen LogP contribution in [0.25, 0.3) is 0 Å². The number of para-hydroxylation sites is 1. The molecule has 0 fully saturated rings. The zero-order chi connectivity index (χ0) is 17.5. The molecule has 0 aliphatic rings. The average molecular weight is 347 g/mol. The lowest BCUT2D eigenvalue weighted by Crippen LogP contribution is -2.45. The highest BCUT2D eigenvalue weighted by Gasteiger charge is 2.06. The highest BCUT2D eigenvalue weighted by Crippen LogP contribution is 2.15. The molecule has 0 radical (unpaired) electrons. The lowest BCUT2D eigenvalue weighted by Gasteiger charge is -2.13. The Labute approximate surface area is 145 Å². The Morgan fingerprint density at radius 3 is 2.58 bits per heavy atom. The first kappa shape index (κ1) is 17.7. The Morgan fingerprint density at radius 1 is 1.12 bits per heavy atom. The zero-order valence-corrected chi connectivity index (χ0v) is 14.2. The Morgan fingerprint density at radius 2 is 1.88 bits per heavy atom. The van der Waals surface area contributed by atoms with E-state index in [1.807, 2.05) is 25.1 Å². The summed E-state index contributed by atoms with van der Waals surface area (Å²) in [5.74, 6) is -0.0839. The van der Waals surface area contributed by atoms with E-state index in [4.69, 9.17) is 17.0 Å². The normalized spacial score (nSPS) is 9.96. The smallest absolute Gasteiger partial charge is 0.276 e. The van der Waals surface area contributed by atoms with Crippen LogP contribution in [0.3, 0.4) is 0 Å². The van der Waals surface area contributed by atoms with Crippen molar-refractivity contribution in [1.29, 1.82) is 0 Å². The van der Waals surface area contributed by atoms with Gasteiger partial charge in [0.2, 0.25) is 0 Å². The van der Waals surface area contributed by atoms with Crippen LogP contribution in [0.15, 0.2) is 42.5 Å². The minimum absolute atomic E-state index is 0.141. The minimum Gasteiger partial charge on any atom is -0.483 e. The average Bonchev–Trinajstić information content (AvgIpc) is 2.55. The molecule has 0 saturated carbocycles. The molecule has 1 amide bonds. The summed E-state index contributed by atoms with van der Waals surface area (Å²) in [6, 6.07) is 12.1. The van der Waals surface area contributed by atoms with Crippen molar-refractivity contribution in [3.05, 3.63) is 59.4 Å². The van der Waals surface area contributed by atoms with Gasteiger partial charge in [-0.25, -0.2) is 4.39 Å². The first-order valence-electron chi connectivity index (χ1n) is 7.26. The molecule has 3 N–H and O–H groups in total. The van der Waals surface area contributed by atoms with E-state index in [1.165, 1.54) is 6.07 Å². The number of rotatable bonds is 4. The SMILES string of the molecule is Cc1ccc(NC(=S)NNC(=O)COc2ccccc2C)cc1F. The molecule has 0 atom stereocenters. The van der Waals surface area contributed by atoms with Gasteiger partial charge < -0.3 is 10.1 Å². The number of aryl methyl sites for hydroxylation is 2. The topological polar surface area (TPSA) is 62.4 Å². The zero-order valence-electron chi connectivity index (χ0n) is 13.4. The molecule has 2 aromatic rings. The van der Waals surface area contributed by atoms with Gasteiger partial charge in [0.25, 0.3) is 5.91 Å². The molecule has 0 heterocycles. The summed E-state index contributed by atoms with van der Waals surface area (Å²) in [6.07, 6.45) is 0. The van der Waals surface area contributed by atoms with Gasteiger partial charge >= 0.3 is 0 Å². The lowest BCUT2D eigenvalue weighted by atomic mass is 10.2. The third-order valence-electron chi connectivity index (χ3n) is 3.20. The van der Waals surface area contributed by atoms with Gasteiger partial charge in [-0.3, -0.25) is 15.6 Å². The van der Waals surface area contributed by atoms with Crippen molar-refractivity contribution in [1.82, 2.24) is 10.9 Å². The number of halogens is 1. The first-order chi connectivity index (χ1) is 11.5. The molecule has 2 rings (SSSR count). The lowest BCUT2D eigenvalue weighted by molar-refractivity contribution is -0.123. The van der Waals surface area contributed by atoms with E-state index in [0.29, 0.717) is 17.0 Å². The summed E-state index contributed by atoms with van der Waals surface area (Å²) in [4.78, 5) is 11.7. The van der Waals surface area contributed by atoms with Gasteiger partial charge in [-0.2, -0.15) is 0 Å². The molecule has 0 bridgehead atoms. The predicted octanol–water partition coefficient (Wildman–Crippen LogP) is 2.84. The predicted molar refractivity (Wildman–Crippen MR) is 95.3 cm³/mol. The van der Waals surface area contributed by atoms with E-state index in [1.54, 1.807) is 25.1 Å². The molecule has 24 heavy (non-hydrogen) atoms. The highest BCUT2D eigenvalue weighted by atomic mass is 32.1. The molecular weight excluding hydrogens is 329 g/mol. The summed E-state index contributed by atoms with van der Waals surface area (Å²) < 4.78 is 18.9. The highest BCUT2D eigenvalue weighted by molar-refractivity contribution is 7.80. The van der Waals surface area contributed by atoms with Crippen LogP contribution in [0, 0.1) is 19.7 Å². The largest absolute Gasteiger partial charge is 0.483 e. The molecule has 0 aliphatic carbocycles. The number of nitrogens with one attached hydrogen (secondary N) is 3. The Hall–Kier alpha value is -2.67. The third-order valence-corrected chi connectivity index (χ3v) is 3.40. The molecule has 0 aromatic heterocycles. The van der Waals surface area contributed by atoms with Crippen LogP contribution in [0.1, 0.15) is 11.1 Å². The van der Waals surface area contributed by atoms with Crippen molar-refractivity contribution in [2.45, 2.75) is 13.8 Å². The van der Waals surface area contributed by atoms with Gasteiger partial charge in [0.1, 0.15) is 11.6 Å². The Bertz CT molecular complexity index is 752. The van der Waals surface area contributed by atoms with E-state index >= 15 is 0 Å². The molecule has 5 nitrogen and oxygen atoms in total. The fourth-order valence-electron chi connectivity index (χ4n) is 1.86. The molecule has 0 aliphatic heterocycles. The molecule has 126 valence electrons. The van der Waals surface area contributed by atoms with E-state index in [9.17, 15) is 9.18 Å². The van der Waals surface area contributed by atoms with Crippen molar-refractivity contribution >= 4 is 28.9 Å². The van der Waals surface area contributed by atoms with Gasteiger partial charge in [-0.1, -0.05) is 24.3 Å². The van der Waals surface area contributed by atoms with Crippen molar-refractivity contribution in [3.63, 3.8) is 0 Å². The van der Waals surface area contributed by atoms with Crippen molar-refractivity contribution in [3.8, 4) is 5.75 Å². The number of benzene rings is 2. The quantitative estimate of drug-likeness (QED) is 0.586. The number of ether oxygens (including phenoxy) is 1. The van der Waals surface area contributed by atoms with Crippen LogP contribution >= 0.6 is 12.2 Å². The summed E-state index contributed by atoms with van der Waals surface area (Å²) >= 11 is 5.03. The van der Waals surface area contributed by atoms with Crippen LogP contribution in [-0.2, 0) is 4.79 Å². The molecular formula is C17H18FN3O2S. The number of hydrogen-bond acceptors (Lipinski definition) is 3. The van der Waals surface area contributed by atoms with E-state index < -0.39 is 5.91 Å². The summed E-state index contributed by atoms with van der Waals surface area (Å²) in [5.41, 5.74) is 6.91. The molecule has 0 unspecified atom stereocenters. The fraction of sp³-hybridized carbons (Fsp3) is 0.176. The maximum atomic E-state index is 13.4. The van der Waals surface area contributed by atoms with E-state index in [0.717, 1.165) is 5.56 Å². The van der Waals surface area contributed by atoms with Crippen LogP contribution in [-0.4, -0.2) is 17.6 Å². The van der Waals surface area contributed by atoms with Crippen LogP contribution < -0.4 is 20.9 Å². The van der Waals surface area contributed by atoms with Gasteiger partial charge in [-0.05, 0) is 55.4 Å². The second-order valence-corrected chi connectivity index (χ2v) is 5.55. The molecule has 7 heteroatoms. The second-order valence-electron chi connectivity index (χ2n) is 5.15. The number of hydrogen-bond donors (Lipinski definition) is 3. The maximum absolute atomic E-state index is 13.4. The summed E-state index contributed by atoms with van der Waals surface area (Å²) in [7, 11) is 0. The standard InChI is InChI=1S/C17H18FN3O2S/c1-11-7-8-13(9-14(11)18)19-17(24)21-20-16(22)10-23-15-6-4-3-5-12(15)2/h3-9H,10H2,1-2H3,(H,20,22)(H2,19,21,24). The first-order valence-corrected chi connectivity index (χ1v) is 7.67. The number of carbonyl (C=O) groups excluding carboxylic acids is 1. The van der Waals surface area contributed by atoms with Crippen molar-refractivity contribution in [2.24, 2.45) is 0 Å². The molecule has 0 saturated heterocycles.